The van der Waals surface area contributed by atoms with Crippen LogP contribution in [0.25, 0.3) is 0 Å². The molecular formula is C11H15IN2O2S. The van der Waals surface area contributed by atoms with Crippen molar-refractivity contribution in [1.29, 1.82) is 0 Å². The Morgan fingerprint density at radius 3 is 2.59 bits per heavy atom. The fourth-order valence-corrected chi connectivity index (χ4v) is 3.91. The van der Waals surface area contributed by atoms with Crippen molar-refractivity contribution in [2.45, 2.75) is 17.9 Å². The molecule has 94 valence electrons. The maximum Gasteiger partial charge on any atom is 0.243 e. The van der Waals surface area contributed by atoms with E-state index in [1.807, 2.05) is 19.1 Å². The molecule has 1 heterocycles. The second-order valence-corrected chi connectivity index (χ2v) is 7.26. The zero-order valence-electron chi connectivity index (χ0n) is 9.56. The first-order valence-corrected chi connectivity index (χ1v) is 8.02. The molecule has 1 aromatic carbocycles. The molecule has 1 saturated heterocycles. The fraction of sp³-hybridized carbons (Fsp3) is 0.455. The topological polar surface area (TPSA) is 49.4 Å². The number of rotatable bonds is 2. The SMILES string of the molecule is C[C@@H]1CNCCN1S(=O)(=O)c1ccc(I)cc1. The minimum absolute atomic E-state index is 0.00743. The lowest BCUT2D eigenvalue weighted by molar-refractivity contribution is 0.284. The van der Waals surface area contributed by atoms with Crippen LogP contribution in [0, 0.1) is 3.57 Å². The summed E-state index contributed by atoms with van der Waals surface area (Å²) in [5.41, 5.74) is 0. The van der Waals surface area contributed by atoms with E-state index in [0.717, 1.165) is 3.57 Å². The molecular weight excluding hydrogens is 351 g/mol. The molecule has 0 spiro atoms. The van der Waals surface area contributed by atoms with Crippen LogP contribution in [0.1, 0.15) is 6.92 Å². The summed E-state index contributed by atoms with van der Waals surface area (Å²) in [7, 11) is -3.34. The van der Waals surface area contributed by atoms with E-state index in [9.17, 15) is 8.42 Å². The largest absolute Gasteiger partial charge is 0.314 e. The van der Waals surface area contributed by atoms with E-state index in [-0.39, 0.29) is 6.04 Å². The van der Waals surface area contributed by atoms with Gasteiger partial charge in [-0.2, -0.15) is 4.31 Å². The van der Waals surface area contributed by atoms with E-state index in [1.54, 1.807) is 16.4 Å². The van der Waals surface area contributed by atoms with Gasteiger partial charge < -0.3 is 5.32 Å². The minimum Gasteiger partial charge on any atom is -0.314 e. The normalized spacial score (nSPS) is 22.6. The Morgan fingerprint density at radius 2 is 2.00 bits per heavy atom. The molecule has 0 amide bonds. The molecule has 0 radical (unpaired) electrons. The van der Waals surface area contributed by atoms with Crippen LogP contribution < -0.4 is 5.32 Å². The van der Waals surface area contributed by atoms with E-state index in [4.69, 9.17) is 0 Å². The standard InChI is InChI=1S/C11H15IN2O2S/c1-9-8-13-6-7-14(9)17(15,16)11-4-2-10(12)3-5-11/h2-5,9,13H,6-8H2,1H3/t9-/m1/s1. The number of benzene rings is 1. The predicted octanol–water partition coefficient (Wildman–Crippen LogP) is 1.27. The van der Waals surface area contributed by atoms with Crippen molar-refractivity contribution in [2.24, 2.45) is 0 Å². The van der Waals surface area contributed by atoms with Crippen LogP contribution in [0.3, 0.4) is 0 Å². The molecule has 4 nitrogen and oxygen atoms in total. The van der Waals surface area contributed by atoms with Crippen molar-refractivity contribution in [2.75, 3.05) is 19.6 Å². The van der Waals surface area contributed by atoms with E-state index in [2.05, 4.69) is 27.9 Å². The van der Waals surface area contributed by atoms with E-state index >= 15 is 0 Å². The Balaban J connectivity index is 2.32. The number of piperazine rings is 1. The first-order chi connectivity index (χ1) is 8.01. The summed E-state index contributed by atoms with van der Waals surface area (Å²) in [6, 6.07) is 6.99. The fourth-order valence-electron chi connectivity index (χ4n) is 1.92. The zero-order chi connectivity index (χ0) is 12.5. The summed E-state index contributed by atoms with van der Waals surface area (Å²) in [5.74, 6) is 0. The van der Waals surface area contributed by atoms with Crippen LogP contribution in [0.2, 0.25) is 0 Å². The van der Waals surface area contributed by atoms with Crippen molar-refractivity contribution < 1.29 is 8.42 Å². The third kappa shape index (κ3) is 2.81. The molecule has 0 saturated carbocycles. The molecule has 1 atom stereocenters. The Kier molecular flexibility index (Phi) is 4.06. The minimum atomic E-state index is -3.34. The quantitative estimate of drug-likeness (QED) is 0.803. The number of nitrogens with one attached hydrogen (secondary N) is 1. The lowest BCUT2D eigenvalue weighted by Crippen LogP contribution is -2.52. The molecule has 17 heavy (non-hydrogen) atoms. The van der Waals surface area contributed by atoms with Crippen molar-refractivity contribution in [3.8, 4) is 0 Å². The van der Waals surface area contributed by atoms with E-state index < -0.39 is 10.0 Å². The van der Waals surface area contributed by atoms with Gasteiger partial charge in [0.05, 0.1) is 4.90 Å². The second kappa shape index (κ2) is 5.21. The van der Waals surface area contributed by atoms with E-state index in [0.29, 0.717) is 24.5 Å². The number of hydrogen-bond donors (Lipinski definition) is 1. The van der Waals surface area contributed by atoms with Crippen molar-refractivity contribution in [1.82, 2.24) is 9.62 Å². The summed E-state index contributed by atoms with van der Waals surface area (Å²) in [4.78, 5) is 0.381. The summed E-state index contributed by atoms with van der Waals surface area (Å²) in [6.07, 6.45) is 0. The highest BCUT2D eigenvalue weighted by Crippen LogP contribution is 2.20. The van der Waals surface area contributed by atoms with Gasteiger partial charge in [0.25, 0.3) is 0 Å². The first-order valence-electron chi connectivity index (χ1n) is 5.50. The van der Waals surface area contributed by atoms with Crippen molar-refractivity contribution >= 4 is 32.6 Å². The summed E-state index contributed by atoms with van der Waals surface area (Å²) < 4.78 is 27.4. The molecule has 1 aliphatic rings. The number of sulfonamides is 1. The Bertz CT molecular complexity index is 487. The lowest BCUT2D eigenvalue weighted by Gasteiger charge is -2.32. The van der Waals surface area contributed by atoms with Gasteiger partial charge in [0.2, 0.25) is 10.0 Å². The maximum absolute atomic E-state index is 12.4. The number of nitrogens with zero attached hydrogens (tertiary/aromatic N) is 1. The number of hydrogen-bond acceptors (Lipinski definition) is 3. The second-order valence-electron chi connectivity index (χ2n) is 4.12. The average Bonchev–Trinajstić information content (AvgIpc) is 2.30. The zero-order valence-corrected chi connectivity index (χ0v) is 12.5. The van der Waals surface area contributed by atoms with Gasteiger partial charge in [-0.05, 0) is 53.8 Å². The summed E-state index contributed by atoms with van der Waals surface area (Å²) in [6.45, 7) is 3.89. The maximum atomic E-state index is 12.4. The van der Waals surface area contributed by atoms with Gasteiger partial charge in [0.15, 0.2) is 0 Å². The first kappa shape index (κ1) is 13.3. The summed E-state index contributed by atoms with van der Waals surface area (Å²) in [5, 5.41) is 3.19. The van der Waals surface area contributed by atoms with Gasteiger partial charge >= 0.3 is 0 Å². The highest BCUT2D eigenvalue weighted by molar-refractivity contribution is 14.1. The smallest absolute Gasteiger partial charge is 0.243 e. The third-order valence-corrected chi connectivity index (χ3v) is 5.61. The molecule has 2 rings (SSSR count). The Hall–Kier alpha value is -0.180. The van der Waals surface area contributed by atoms with Gasteiger partial charge in [-0.25, -0.2) is 8.42 Å². The van der Waals surface area contributed by atoms with Crippen LogP contribution in [-0.2, 0) is 10.0 Å². The van der Waals surface area contributed by atoms with Gasteiger partial charge in [0, 0.05) is 29.2 Å². The summed E-state index contributed by atoms with van der Waals surface area (Å²) >= 11 is 2.16. The number of halogens is 1. The van der Waals surface area contributed by atoms with Gasteiger partial charge in [-0.1, -0.05) is 0 Å². The molecule has 1 aliphatic heterocycles. The predicted molar refractivity (Wildman–Crippen MR) is 75.4 cm³/mol. The van der Waals surface area contributed by atoms with Crippen molar-refractivity contribution in [3.63, 3.8) is 0 Å². The van der Waals surface area contributed by atoms with Gasteiger partial charge in [-0.15, -0.1) is 0 Å². The molecule has 1 fully saturated rings. The van der Waals surface area contributed by atoms with Gasteiger partial charge in [0.1, 0.15) is 0 Å². The van der Waals surface area contributed by atoms with Crippen LogP contribution in [0.5, 0.6) is 0 Å². The third-order valence-electron chi connectivity index (χ3n) is 2.86. The highest BCUT2D eigenvalue weighted by atomic mass is 127. The molecule has 1 aromatic rings. The van der Waals surface area contributed by atoms with Gasteiger partial charge in [-0.3, -0.25) is 0 Å². The molecule has 6 heteroatoms. The van der Waals surface area contributed by atoms with Crippen LogP contribution >= 0.6 is 22.6 Å². The van der Waals surface area contributed by atoms with Crippen LogP contribution in [0.15, 0.2) is 29.2 Å². The van der Waals surface area contributed by atoms with E-state index in [1.165, 1.54) is 0 Å². The van der Waals surface area contributed by atoms with Crippen LogP contribution in [0.4, 0.5) is 0 Å². The molecule has 1 N–H and O–H groups in total. The lowest BCUT2D eigenvalue weighted by atomic mass is 10.3. The molecule has 0 aromatic heterocycles. The molecule has 0 bridgehead atoms. The highest BCUT2D eigenvalue weighted by Gasteiger charge is 2.30. The van der Waals surface area contributed by atoms with Crippen LogP contribution in [-0.4, -0.2) is 38.4 Å². The molecule has 0 aliphatic carbocycles. The monoisotopic (exact) mass is 366 g/mol. The Morgan fingerprint density at radius 1 is 1.35 bits per heavy atom. The van der Waals surface area contributed by atoms with Crippen molar-refractivity contribution in [3.05, 3.63) is 27.8 Å². The Labute approximate surface area is 116 Å². The molecule has 0 unspecified atom stereocenters. The average molecular weight is 366 g/mol.